The third-order valence-electron chi connectivity index (χ3n) is 3.11. The van der Waals surface area contributed by atoms with Crippen LogP contribution in [0.15, 0.2) is 59.5 Å². The lowest BCUT2D eigenvalue weighted by atomic mass is 10.1. The molecule has 2 N–H and O–H groups in total. The zero-order valence-electron chi connectivity index (χ0n) is 12.5. The number of carbonyl (C=O) groups excluding carboxylic acids is 1. The van der Waals surface area contributed by atoms with Crippen molar-refractivity contribution in [2.45, 2.75) is 11.3 Å². The molecule has 0 spiro atoms. The number of nitro benzene ring substituents is 1. The molecule has 126 valence electrons. The van der Waals surface area contributed by atoms with Crippen LogP contribution in [-0.4, -0.2) is 25.9 Å². The van der Waals surface area contributed by atoms with Crippen molar-refractivity contribution in [1.82, 2.24) is 10.0 Å². The summed E-state index contributed by atoms with van der Waals surface area (Å²) in [6.07, 6.45) is 0.547. The summed E-state index contributed by atoms with van der Waals surface area (Å²) in [6, 6.07) is 12.9. The van der Waals surface area contributed by atoms with E-state index in [0.29, 0.717) is 6.42 Å². The number of sulfonamides is 1. The number of urea groups is 1. The Balaban J connectivity index is 1.94. The molecular weight excluding hydrogens is 334 g/mol. The van der Waals surface area contributed by atoms with E-state index in [1.165, 1.54) is 18.2 Å². The van der Waals surface area contributed by atoms with Gasteiger partial charge in [-0.2, -0.15) is 0 Å². The number of nitrogens with one attached hydrogen (secondary N) is 2. The summed E-state index contributed by atoms with van der Waals surface area (Å²) in [5.74, 6) is 0. The molecule has 2 rings (SSSR count). The van der Waals surface area contributed by atoms with Crippen molar-refractivity contribution in [3.8, 4) is 0 Å². The molecule has 0 aromatic heterocycles. The van der Waals surface area contributed by atoms with Crippen molar-refractivity contribution in [1.29, 1.82) is 0 Å². The molecule has 2 aromatic carbocycles. The number of carbonyl (C=O) groups is 1. The van der Waals surface area contributed by atoms with Gasteiger partial charge in [-0.05, 0) is 18.1 Å². The van der Waals surface area contributed by atoms with Gasteiger partial charge in [-0.1, -0.05) is 36.4 Å². The maximum atomic E-state index is 12.1. The van der Waals surface area contributed by atoms with Gasteiger partial charge in [0.05, 0.1) is 9.82 Å². The molecule has 0 fully saturated rings. The van der Waals surface area contributed by atoms with Gasteiger partial charge >= 0.3 is 6.03 Å². The maximum absolute atomic E-state index is 12.1. The number of non-ortho nitro benzene ring substituents is 1. The molecule has 2 amide bonds. The van der Waals surface area contributed by atoms with E-state index < -0.39 is 21.0 Å². The van der Waals surface area contributed by atoms with Gasteiger partial charge in [0.15, 0.2) is 0 Å². The quantitative estimate of drug-likeness (QED) is 0.609. The van der Waals surface area contributed by atoms with E-state index in [9.17, 15) is 23.3 Å². The minimum Gasteiger partial charge on any atom is -0.337 e. The Kier molecular flexibility index (Phi) is 5.48. The fourth-order valence-electron chi connectivity index (χ4n) is 1.95. The second kappa shape index (κ2) is 7.55. The van der Waals surface area contributed by atoms with E-state index in [-0.39, 0.29) is 17.1 Å². The van der Waals surface area contributed by atoms with Gasteiger partial charge in [-0.25, -0.2) is 17.9 Å². The Morgan fingerprint density at radius 3 is 2.46 bits per heavy atom. The largest absolute Gasteiger partial charge is 0.337 e. The molecule has 0 saturated heterocycles. The average molecular weight is 349 g/mol. The van der Waals surface area contributed by atoms with Crippen molar-refractivity contribution in [2.75, 3.05) is 6.54 Å². The molecule has 0 heterocycles. The molecular formula is C15H15N3O5S. The maximum Gasteiger partial charge on any atom is 0.328 e. The Morgan fingerprint density at radius 2 is 1.79 bits per heavy atom. The third kappa shape index (κ3) is 4.78. The summed E-state index contributed by atoms with van der Waals surface area (Å²) < 4.78 is 25.9. The Labute approximate surface area is 138 Å². The highest BCUT2D eigenvalue weighted by Crippen LogP contribution is 2.16. The lowest BCUT2D eigenvalue weighted by Gasteiger charge is -2.08. The third-order valence-corrected chi connectivity index (χ3v) is 4.44. The van der Waals surface area contributed by atoms with Crippen LogP contribution in [0.4, 0.5) is 10.5 Å². The topological polar surface area (TPSA) is 118 Å². The van der Waals surface area contributed by atoms with Crippen LogP contribution in [0.3, 0.4) is 0 Å². The van der Waals surface area contributed by atoms with Crippen molar-refractivity contribution in [2.24, 2.45) is 0 Å². The van der Waals surface area contributed by atoms with Crippen LogP contribution in [0.1, 0.15) is 5.56 Å². The molecule has 24 heavy (non-hydrogen) atoms. The number of rotatable bonds is 6. The first-order valence-electron chi connectivity index (χ1n) is 6.97. The normalized spacial score (nSPS) is 10.8. The van der Waals surface area contributed by atoms with E-state index in [0.717, 1.165) is 11.6 Å². The van der Waals surface area contributed by atoms with Crippen LogP contribution < -0.4 is 10.0 Å². The van der Waals surface area contributed by atoms with Gasteiger partial charge in [-0.15, -0.1) is 0 Å². The van der Waals surface area contributed by atoms with Crippen molar-refractivity contribution in [3.63, 3.8) is 0 Å². The first-order chi connectivity index (χ1) is 11.4. The van der Waals surface area contributed by atoms with E-state index in [2.05, 4.69) is 5.32 Å². The molecule has 0 radical (unpaired) electrons. The minimum absolute atomic E-state index is 0.250. The van der Waals surface area contributed by atoms with E-state index in [4.69, 9.17) is 0 Å². The average Bonchev–Trinajstić information content (AvgIpc) is 2.55. The highest BCUT2D eigenvalue weighted by Gasteiger charge is 2.19. The summed E-state index contributed by atoms with van der Waals surface area (Å²) >= 11 is 0. The van der Waals surface area contributed by atoms with E-state index >= 15 is 0 Å². The lowest BCUT2D eigenvalue weighted by Crippen LogP contribution is -2.40. The Bertz CT molecular complexity index is 837. The summed E-state index contributed by atoms with van der Waals surface area (Å²) in [7, 11) is -4.18. The number of hydrogen-bond donors (Lipinski definition) is 2. The van der Waals surface area contributed by atoms with Gasteiger partial charge in [0.2, 0.25) is 0 Å². The monoisotopic (exact) mass is 349 g/mol. The first kappa shape index (κ1) is 17.4. The van der Waals surface area contributed by atoms with Crippen LogP contribution in [0, 0.1) is 10.1 Å². The molecule has 0 aliphatic carbocycles. The predicted molar refractivity (Wildman–Crippen MR) is 87.0 cm³/mol. The molecule has 0 saturated carbocycles. The molecule has 0 aliphatic heterocycles. The molecule has 0 aliphatic rings. The fraction of sp³-hybridized carbons (Fsp3) is 0.133. The van der Waals surface area contributed by atoms with Crippen LogP contribution >= 0.6 is 0 Å². The lowest BCUT2D eigenvalue weighted by molar-refractivity contribution is -0.385. The standard InChI is InChI=1S/C15H15N3O5S/c19-15(16-10-9-12-5-2-1-3-6-12)17-24(22,23)14-8-4-7-13(11-14)18(20)21/h1-8,11H,9-10H2,(H2,16,17,19). The van der Waals surface area contributed by atoms with Gasteiger partial charge in [0.1, 0.15) is 0 Å². The van der Waals surface area contributed by atoms with Gasteiger partial charge < -0.3 is 5.32 Å². The second-order valence-electron chi connectivity index (χ2n) is 4.85. The second-order valence-corrected chi connectivity index (χ2v) is 6.53. The number of amides is 2. The molecule has 9 heteroatoms. The van der Waals surface area contributed by atoms with E-state index in [1.807, 2.05) is 35.1 Å². The summed E-state index contributed by atoms with van der Waals surface area (Å²) in [6.45, 7) is 0.250. The number of nitro groups is 1. The predicted octanol–water partition coefficient (Wildman–Crippen LogP) is 1.83. The van der Waals surface area contributed by atoms with Crippen LogP contribution in [0.25, 0.3) is 0 Å². The Morgan fingerprint density at radius 1 is 1.08 bits per heavy atom. The molecule has 0 bridgehead atoms. The fourth-order valence-corrected chi connectivity index (χ4v) is 2.91. The zero-order chi connectivity index (χ0) is 17.6. The van der Waals surface area contributed by atoms with Gasteiger partial charge in [0.25, 0.3) is 15.7 Å². The summed E-state index contributed by atoms with van der Waals surface area (Å²) in [5.41, 5.74) is 0.627. The summed E-state index contributed by atoms with van der Waals surface area (Å²) in [4.78, 5) is 21.3. The van der Waals surface area contributed by atoms with Crippen LogP contribution in [-0.2, 0) is 16.4 Å². The zero-order valence-corrected chi connectivity index (χ0v) is 13.3. The van der Waals surface area contributed by atoms with E-state index in [1.54, 1.807) is 0 Å². The molecule has 0 atom stereocenters. The Hall–Kier alpha value is -2.94. The van der Waals surface area contributed by atoms with Crippen LogP contribution in [0.2, 0.25) is 0 Å². The highest BCUT2D eigenvalue weighted by atomic mass is 32.2. The van der Waals surface area contributed by atoms with Crippen LogP contribution in [0.5, 0.6) is 0 Å². The van der Waals surface area contributed by atoms with Gasteiger partial charge in [0, 0.05) is 18.7 Å². The number of benzene rings is 2. The highest BCUT2D eigenvalue weighted by molar-refractivity contribution is 7.90. The van der Waals surface area contributed by atoms with Gasteiger partial charge in [-0.3, -0.25) is 10.1 Å². The number of nitrogens with zero attached hydrogens (tertiary/aromatic N) is 1. The SMILES string of the molecule is O=C(NCCc1ccccc1)NS(=O)(=O)c1cccc([N+](=O)[O-])c1. The smallest absolute Gasteiger partial charge is 0.328 e. The first-order valence-corrected chi connectivity index (χ1v) is 8.46. The molecule has 8 nitrogen and oxygen atoms in total. The van der Waals surface area contributed by atoms with Crippen molar-refractivity contribution in [3.05, 3.63) is 70.3 Å². The van der Waals surface area contributed by atoms with Crippen molar-refractivity contribution < 1.29 is 18.1 Å². The van der Waals surface area contributed by atoms with Crippen molar-refractivity contribution >= 4 is 21.7 Å². The minimum atomic E-state index is -4.18. The number of hydrogen-bond acceptors (Lipinski definition) is 5. The molecule has 0 unspecified atom stereocenters. The summed E-state index contributed by atoms with van der Waals surface area (Å²) in [5, 5.41) is 13.1. The molecule has 2 aromatic rings.